The number of carbonyl (C=O) groups is 2. The zero-order valence-corrected chi connectivity index (χ0v) is 24.6. The molecule has 0 heterocycles. The first-order valence-electron chi connectivity index (χ1n) is 13.8. The minimum Gasteiger partial charge on any atom is -0.390 e. The normalized spacial score (nSPS) is 16.0. The van der Waals surface area contributed by atoms with Crippen LogP contribution in [0.25, 0.3) is 0 Å². The molecule has 0 bridgehead atoms. The third-order valence-electron chi connectivity index (χ3n) is 7.23. The summed E-state index contributed by atoms with van der Waals surface area (Å²) in [5, 5.41) is 21.8. The predicted octanol–water partition coefficient (Wildman–Crippen LogP) is 2.13. The van der Waals surface area contributed by atoms with Crippen molar-refractivity contribution in [1.82, 2.24) is 21.3 Å². The van der Waals surface area contributed by atoms with Crippen LogP contribution in [-0.4, -0.2) is 68.7 Å². The molecule has 0 saturated heterocycles. The van der Waals surface area contributed by atoms with E-state index >= 15 is 0 Å². The predicted molar refractivity (Wildman–Crippen MR) is 156 cm³/mol. The van der Waals surface area contributed by atoms with Crippen LogP contribution < -0.4 is 21.3 Å². The number of rotatable bonds is 15. The first-order valence-corrected chi connectivity index (χ1v) is 15.7. The van der Waals surface area contributed by atoms with Crippen molar-refractivity contribution in [2.75, 3.05) is 25.1 Å². The minimum atomic E-state index is -3.72. The highest BCUT2D eigenvalue weighted by Crippen LogP contribution is 2.45. The standard InChI is InChI=1S/C30H38F2N4O5S/c1-4-6-12-42(40,41)19-26(36-29(39)33-3)28(38)35-25(16-21-14-23(31)17-24(32)15-21)27(37)18-34-30(10-11-30)22-9-7-8-20(5-2)13-22/h2,7-9,13-15,17,25-27,34,37H,4,6,10-12,16,18-19H2,1,3H3,(H,35,38)(H2,33,36,39)/t25-,26+,27+/m0/s1. The molecule has 1 saturated carbocycles. The Hall–Kier alpha value is -3.53. The van der Waals surface area contributed by atoms with Crippen LogP contribution in [0.4, 0.5) is 13.6 Å². The van der Waals surface area contributed by atoms with Crippen molar-refractivity contribution in [2.24, 2.45) is 0 Å². The highest BCUT2D eigenvalue weighted by atomic mass is 32.2. The maximum Gasteiger partial charge on any atom is 0.315 e. The molecule has 0 aromatic heterocycles. The van der Waals surface area contributed by atoms with Gasteiger partial charge in [0.15, 0.2) is 9.84 Å². The summed E-state index contributed by atoms with van der Waals surface area (Å²) in [6, 6.07) is 7.02. The summed E-state index contributed by atoms with van der Waals surface area (Å²) >= 11 is 0. The van der Waals surface area contributed by atoms with E-state index in [1.54, 1.807) is 0 Å². The second-order valence-corrected chi connectivity index (χ2v) is 12.8. The topological polar surface area (TPSA) is 137 Å². The van der Waals surface area contributed by atoms with E-state index in [0.717, 1.165) is 30.5 Å². The molecule has 5 N–H and O–H groups in total. The second-order valence-electron chi connectivity index (χ2n) is 10.6. The molecule has 0 radical (unpaired) electrons. The molecular formula is C30H38F2N4O5S. The lowest BCUT2D eigenvalue weighted by atomic mass is 9.98. The molecule has 2 aromatic rings. The van der Waals surface area contributed by atoms with Gasteiger partial charge in [-0.15, -0.1) is 6.42 Å². The first kappa shape index (κ1) is 33.0. The summed E-state index contributed by atoms with van der Waals surface area (Å²) in [5.41, 5.74) is 1.41. The summed E-state index contributed by atoms with van der Waals surface area (Å²) in [4.78, 5) is 25.4. The third kappa shape index (κ3) is 9.51. The largest absolute Gasteiger partial charge is 0.390 e. The Morgan fingerprint density at radius 1 is 1.12 bits per heavy atom. The maximum absolute atomic E-state index is 14.0. The Bertz CT molecular complexity index is 1390. The molecule has 2 aromatic carbocycles. The van der Waals surface area contributed by atoms with E-state index in [0.29, 0.717) is 24.5 Å². The van der Waals surface area contributed by atoms with Gasteiger partial charge >= 0.3 is 6.03 Å². The number of benzene rings is 2. The Labute approximate surface area is 245 Å². The summed E-state index contributed by atoms with van der Waals surface area (Å²) in [7, 11) is -2.40. The van der Waals surface area contributed by atoms with Gasteiger partial charge in [0.1, 0.15) is 17.7 Å². The van der Waals surface area contributed by atoms with Gasteiger partial charge in [0.2, 0.25) is 5.91 Å². The molecule has 42 heavy (non-hydrogen) atoms. The average Bonchev–Trinajstić information content (AvgIpc) is 3.74. The number of hydrogen-bond donors (Lipinski definition) is 5. The maximum atomic E-state index is 14.0. The lowest BCUT2D eigenvalue weighted by molar-refractivity contribution is -0.124. The van der Waals surface area contributed by atoms with Gasteiger partial charge in [0.05, 0.1) is 23.7 Å². The van der Waals surface area contributed by atoms with Crippen LogP contribution >= 0.6 is 0 Å². The zero-order chi connectivity index (χ0) is 30.9. The van der Waals surface area contributed by atoms with E-state index in [1.807, 2.05) is 31.2 Å². The molecule has 3 amide bonds. The number of sulfone groups is 1. The van der Waals surface area contributed by atoms with Crippen LogP contribution in [0.1, 0.15) is 49.3 Å². The molecular weight excluding hydrogens is 566 g/mol. The van der Waals surface area contributed by atoms with Crippen LogP contribution in [-0.2, 0) is 26.6 Å². The third-order valence-corrected chi connectivity index (χ3v) is 8.98. The van der Waals surface area contributed by atoms with Gasteiger partial charge in [-0.1, -0.05) is 31.4 Å². The number of urea groups is 1. The molecule has 1 fully saturated rings. The van der Waals surface area contributed by atoms with Crippen LogP contribution in [0.5, 0.6) is 0 Å². The lowest BCUT2D eigenvalue weighted by Gasteiger charge is -2.29. The molecule has 1 aliphatic carbocycles. The van der Waals surface area contributed by atoms with E-state index < -0.39 is 62.9 Å². The van der Waals surface area contributed by atoms with Crippen LogP contribution in [0.2, 0.25) is 0 Å². The fraction of sp³-hybridized carbons (Fsp3) is 0.467. The summed E-state index contributed by atoms with van der Waals surface area (Å²) in [6.07, 6.45) is 6.70. The smallest absolute Gasteiger partial charge is 0.315 e. The van der Waals surface area contributed by atoms with Gasteiger partial charge < -0.3 is 26.4 Å². The number of terminal acetylenes is 1. The fourth-order valence-electron chi connectivity index (χ4n) is 4.71. The van der Waals surface area contributed by atoms with Crippen molar-refractivity contribution in [2.45, 2.75) is 62.8 Å². The van der Waals surface area contributed by atoms with Gasteiger partial charge in [-0.3, -0.25) is 4.79 Å². The highest BCUT2D eigenvalue weighted by molar-refractivity contribution is 7.91. The van der Waals surface area contributed by atoms with Crippen molar-refractivity contribution in [3.8, 4) is 12.3 Å². The van der Waals surface area contributed by atoms with E-state index in [1.165, 1.54) is 7.05 Å². The number of hydrogen-bond acceptors (Lipinski definition) is 6. The molecule has 12 heteroatoms. The number of carbonyl (C=O) groups excluding carboxylic acids is 2. The summed E-state index contributed by atoms with van der Waals surface area (Å²) in [5.74, 6) is -0.727. The van der Waals surface area contributed by atoms with Crippen molar-refractivity contribution in [1.29, 1.82) is 0 Å². The molecule has 0 unspecified atom stereocenters. The lowest BCUT2D eigenvalue weighted by Crippen LogP contribution is -2.58. The molecule has 0 spiro atoms. The molecule has 228 valence electrons. The van der Waals surface area contributed by atoms with E-state index in [4.69, 9.17) is 6.42 Å². The van der Waals surface area contributed by atoms with E-state index in [-0.39, 0.29) is 24.3 Å². The van der Waals surface area contributed by atoms with Gasteiger partial charge in [0, 0.05) is 30.8 Å². The molecule has 3 atom stereocenters. The number of unbranched alkanes of at least 4 members (excludes halogenated alkanes) is 1. The highest BCUT2D eigenvalue weighted by Gasteiger charge is 2.44. The number of aliphatic hydroxyl groups is 1. The molecule has 3 rings (SSSR count). The van der Waals surface area contributed by atoms with Crippen molar-refractivity contribution >= 4 is 21.8 Å². The summed E-state index contributed by atoms with van der Waals surface area (Å²) < 4.78 is 53.2. The minimum absolute atomic E-state index is 0.00857. The fourth-order valence-corrected chi connectivity index (χ4v) is 6.34. The number of nitrogens with one attached hydrogen (secondary N) is 4. The van der Waals surface area contributed by atoms with Crippen LogP contribution in [0.3, 0.4) is 0 Å². The number of amides is 3. The van der Waals surface area contributed by atoms with Gasteiger partial charge in [-0.25, -0.2) is 22.0 Å². The van der Waals surface area contributed by atoms with Crippen molar-refractivity contribution < 1.29 is 31.9 Å². The second kappa shape index (κ2) is 14.6. The first-order chi connectivity index (χ1) is 19.9. The van der Waals surface area contributed by atoms with Gasteiger partial charge in [-0.05, 0) is 61.1 Å². The summed E-state index contributed by atoms with van der Waals surface area (Å²) in [6.45, 7) is 1.82. The van der Waals surface area contributed by atoms with Crippen molar-refractivity contribution in [3.63, 3.8) is 0 Å². The van der Waals surface area contributed by atoms with Gasteiger partial charge in [-0.2, -0.15) is 0 Å². The van der Waals surface area contributed by atoms with Gasteiger partial charge in [0.25, 0.3) is 0 Å². The van der Waals surface area contributed by atoms with Crippen LogP contribution in [0.15, 0.2) is 42.5 Å². The Morgan fingerprint density at radius 2 is 1.81 bits per heavy atom. The van der Waals surface area contributed by atoms with E-state index in [2.05, 4.69) is 27.2 Å². The Balaban J connectivity index is 1.82. The molecule has 0 aliphatic heterocycles. The Morgan fingerprint density at radius 3 is 2.40 bits per heavy atom. The number of halogens is 2. The average molecular weight is 605 g/mol. The Kier molecular flexibility index (Phi) is 11.4. The molecule has 9 nitrogen and oxygen atoms in total. The quantitative estimate of drug-likeness (QED) is 0.198. The monoisotopic (exact) mass is 604 g/mol. The van der Waals surface area contributed by atoms with Crippen molar-refractivity contribution in [3.05, 3.63) is 70.8 Å². The number of aliphatic hydroxyl groups excluding tert-OH is 1. The molecule has 1 aliphatic rings. The SMILES string of the molecule is C#Cc1cccc(C2(NC[C@@H](O)[C@H](Cc3cc(F)cc(F)c3)NC(=O)[C@@H](CS(=O)(=O)CCCC)NC(=O)NC)CC2)c1. The van der Waals surface area contributed by atoms with Crippen LogP contribution in [0, 0.1) is 24.0 Å². The van der Waals surface area contributed by atoms with E-state index in [9.17, 15) is 31.9 Å². The zero-order valence-electron chi connectivity index (χ0n) is 23.8.